The minimum absolute atomic E-state index is 0.00579. The number of fused-ring (bicyclic) bond motifs is 3. The summed E-state index contributed by atoms with van der Waals surface area (Å²) < 4.78 is 11.3. The van der Waals surface area contributed by atoms with Gasteiger partial charge in [-0.1, -0.05) is 43.2 Å². The number of hydrogen-bond acceptors (Lipinski definition) is 7. The average molecular weight is 611 g/mol. The number of nitrogens with zero attached hydrogens (tertiary/aromatic N) is 2. The normalized spacial score (nSPS) is 29.6. The number of nitrogens with one attached hydrogen (secondary N) is 2. The van der Waals surface area contributed by atoms with Gasteiger partial charge in [-0.05, 0) is 64.5 Å². The Morgan fingerprint density at radius 1 is 1.11 bits per heavy atom. The SMILES string of the molecule is CC(C)(C)OC(=O)N[C@H]1CCCCC/C=C\[C@@H]2C[C@@]2(C(=O)O)NC(=O)[C@@H]2C[C@@H](OC(=O)N3CCc4ccccc43)CN2C1=O. The minimum atomic E-state index is -1.45. The highest BCUT2D eigenvalue weighted by molar-refractivity contribution is 5.96. The third-order valence-electron chi connectivity index (χ3n) is 8.69. The largest absolute Gasteiger partial charge is 0.479 e. The second-order valence-electron chi connectivity index (χ2n) is 13.1. The molecule has 5 atom stereocenters. The van der Waals surface area contributed by atoms with E-state index in [9.17, 15) is 29.1 Å². The maximum Gasteiger partial charge on any atom is 0.414 e. The first-order valence-corrected chi connectivity index (χ1v) is 15.5. The van der Waals surface area contributed by atoms with E-state index in [0.717, 1.165) is 30.5 Å². The number of anilines is 1. The van der Waals surface area contributed by atoms with Crippen LogP contribution in [-0.2, 0) is 30.3 Å². The first-order chi connectivity index (χ1) is 20.9. The lowest BCUT2D eigenvalue weighted by molar-refractivity contribution is -0.145. The van der Waals surface area contributed by atoms with Crippen molar-refractivity contribution in [1.29, 1.82) is 0 Å². The molecule has 3 aliphatic heterocycles. The highest BCUT2D eigenvalue weighted by atomic mass is 16.6. The number of amides is 4. The van der Waals surface area contributed by atoms with Gasteiger partial charge < -0.3 is 30.1 Å². The minimum Gasteiger partial charge on any atom is -0.479 e. The van der Waals surface area contributed by atoms with E-state index in [-0.39, 0.29) is 25.3 Å². The molecular formula is C32H42N4O8. The van der Waals surface area contributed by atoms with Gasteiger partial charge in [0.05, 0.1) is 12.2 Å². The Bertz CT molecular complexity index is 1340. The number of ether oxygens (including phenoxy) is 2. The molecule has 1 aromatic rings. The van der Waals surface area contributed by atoms with Gasteiger partial charge in [-0.15, -0.1) is 0 Å². The van der Waals surface area contributed by atoms with Crippen LogP contribution in [0.2, 0.25) is 0 Å². The number of carboxylic acid groups (broad SMARTS) is 1. The van der Waals surface area contributed by atoms with Gasteiger partial charge in [-0.2, -0.15) is 0 Å². The number of carboxylic acids is 1. The second-order valence-corrected chi connectivity index (χ2v) is 13.1. The predicted octanol–water partition coefficient (Wildman–Crippen LogP) is 3.53. The van der Waals surface area contributed by atoms with Gasteiger partial charge in [0.2, 0.25) is 11.8 Å². The Morgan fingerprint density at radius 2 is 1.89 bits per heavy atom. The number of carbonyl (C=O) groups excluding carboxylic acids is 4. The van der Waals surface area contributed by atoms with Crippen LogP contribution in [-0.4, -0.2) is 82.4 Å². The third kappa shape index (κ3) is 6.84. The summed E-state index contributed by atoms with van der Waals surface area (Å²) in [5.74, 6) is -2.63. The molecule has 4 amide bonds. The molecule has 238 valence electrons. The smallest absolute Gasteiger partial charge is 0.414 e. The molecule has 2 fully saturated rings. The van der Waals surface area contributed by atoms with Gasteiger partial charge in [0.25, 0.3) is 0 Å². The van der Waals surface area contributed by atoms with E-state index in [1.807, 2.05) is 36.4 Å². The van der Waals surface area contributed by atoms with E-state index in [0.29, 0.717) is 25.8 Å². The topological polar surface area (TPSA) is 155 Å². The van der Waals surface area contributed by atoms with Crippen molar-refractivity contribution in [3.63, 3.8) is 0 Å². The molecule has 0 unspecified atom stereocenters. The fraction of sp³-hybridized carbons (Fsp3) is 0.594. The molecule has 1 saturated heterocycles. The van der Waals surface area contributed by atoms with Gasteiger partial charge in [0.15, 0.2) is 0 Å². The standard InChI is InChI=1S/C32H42N4O8/c1-31(2,3)44-29(41)33-23-13-8-6-4-5-7-12-21-18-32(21,28(39)40)34-26(37)25-17-22(19-36(25)27(23)38)43-30(42)35-16-15-20-11-9-10-14-24(20)35/h7,9-12,14,21-23,25H,4-6,8,13,15-19H2,1-3H3,(H,33,41)(H,34,37)(H,39,40)/b12-7-/t21-,22-,23+,25+,32-/m1/s1. The Morgan fingerprint density at radius 3 is 2.64 bits per heavy atom. The Labute approximate surface area is 257 Å². The maximum atomic E-state index is 14.1. The molecule has 0 bridgehead atoms. The van der Waals surface area contributed by atoms with Crippen LogP contribution in [0.15, 0.2) is 36.4 Å². The van der Waals surface area contributed by atoms with Crippen molar-refractivity contribution in [1.82, 2.24) is 15.5 Å². The van der Waals surface area contributed by atoms with E-state index >= 15 is 0 Å². The molecular weight excluding hydrogens is 568 g/mol. The van der Waals surface area contributed by atoms with Gasteiger partial charge in [0, 0.05) is 18.9 Å². The summed E-state index contributed by atoms with van der Waals surface area (Å²) in [6.07, 6.45) is 5.90. The molecule has 1 saturated carbocycles. The van der Waals surface area contributed by atoms with E-state index in [1.165, 1.54) is 4.90 Å². The van der Waals surface area contributed by atoms with Gasteiger partial charge in [0.1, 0.15) is 29.3 Å². The first kappa shape index (κ1) is 31.3. The number of para-hydroxylation sites is 1. The molecule has 0 aromatic heterocycles. The summed E-state index contributed by atoms with van der Waals surface area (Å²) in [5, 5.41) is 15.4. The van der Waals surface area contributed by atoms with E-state index in [1.54, 1.807) is 25.7 Å². The molecule has 12 heteroatoms. The Kier molecular flexibility index (Phi) is 8.90. The number of hydrogen-bond donors (Lipinski definition) is 3. The summed E-state index contributed by atoms with van der Waals surface area (Å²) in [6.45, 7) is 5.55. The lowest BCUT2D eigenvalue weighted by Crippen LogP contribution is -2.56. The average Bonchev–Trinajstić information content (AvgIpc) is 3.27. The maximum absolute atomic E-state index is 14.1. The number of carbonyl (C=O) groups is 5. The summed E-state index contributed by atoms with van der Waals surface area (Å²) in [5.41, 5.74) is -0.447. The van der Waals surface area contributed by atoms with Crippen molar-refractivity contribution < 1.29 is 38.6 Å². The molecule has 1 aliphatic carbocycles. The van der Waals surface area contributed by atoms with E-state index < -0.39 is 59.3 Å². The van der Waals surface area contributed by atoms with Crippen molar-refractivity contribution in [2.45, 2.75) is 101 Å². The lowest BCUT2D eigenvalue weighted by Gasteiger charge is -2.30. The molecule has 5 rings (SSSR count). The lowest BCUT2D eigenvalue weighted by atomic mass is 10.0. The quantitative estimate of drug-likeness (QED) is 0.439. The summed E-state index contributed by atoms with van der Waals surface area (Å²) in [4.78, 5) is 69.0. The Hall–Kier alpha value is -4.09. The van der Waals surface area contributed by atoms with Crippen LogP contribution < -0.4 is 15.5 Å². The predicted molar refractivity (Wildman–Crippen MR) is 160 cm³/mol. The molecule has 12 nitrogen and oxygen atoms in total. The van der Waals surface area contributed by atoms with Gasteiger partial charge in [-0.3, -0.25) is 14.5 Å². The van der Waals surface area contributed by atoms with Crippen molar-refractivity contribution >= 4 is 35.7 Å². The van der Waals surface area contributed by atoms with Crippen molar-refractivity contribution in [3.8, 4) is 0 Å². The fourth-order valence-corrected chi connectivity index (χ4v) is 6.33. The summed E-state index contributed by atoms with van der Waals surface area (Å²) in [7, 11) is 0. The van der Waals surface area contributed by atoms with Crippen molar-refractivity contribution in [2.24, 2.45) is 5.92 Å². The highest BCUT2D eigenvalue weighted by Crippen LogP contribution is 2.45. The fourth-order valence-electron chi connectivity index (χ4n) is 6.33. The number of benzene rings is 1. The van der Waals surface area contributed by atoms with Gasteiger partial charge in [-0.25, -0.2) is 14.4 Å². The van der Waals surface area contributed by atoms with Crippen molar-refractivity contribution in [2.75, 3.05) is 18.0 Å². The van der Waals surface area contributed by atoms with Gasteiger partial charge >= 0.3 is 18.2 Å². The first-order valence-electron chi connectivity index (χ1n) is 15.5. The molecule has 3 heterocycles. The molecule has 0 spiro atoms. The molecule has 1 aromatic carbocycles. The van der Waals surface area contributed by atoms with Crippen LogP contribution in [0, 0.1) is 5.92 Å². The summed E-state index contributed by atoms with van der Waals surface area (Å²) >= 11 is 0. The summed E-state index contributed by atoms with van der Waals surface area (Å²) in [6, 6.07) is 5.47. The number of alkyl carbamates (subject to hydrolysis) is 1. The van der Waals surface area contributed by atoms with Crippen LogP contribution in [0.5, 0.6) is 0 Å². The van der Waals surface area contributed by atoms with Crippen molar-refractivity contribution in [3.05, 3.63) is 42.0 Å². The Balaban J connectivity index is 1.39. The zero-order chi connectivity index (χ0) is 31.6. The van der Waals surface area contributed by atoms with Crippen LogP contribution in [0.1, 0.15) is 71.3 Å². The molecule has 44 heavy (non-hydrogen) atoms. The van der Waals surface area contributed by atoms with E-state index in [4.69, 9.17) is 9.47 Å². The zero-order valence-corrected chi connectivity index (χ0v) is 25.5. The van der Waals surface area contributed by atoms with Crippen LogP contribution in [0.25, 0.3) is 0 Å². The molecule has 4 aliphatic rings. The van der Waals surface area contributed by atoms with Crippen LogP contribution >= 0.6 is 0 Å². The number of aliphatic carboxylic acids is 1. The number of allylic oxidation sites excluding steroid dienone is 1. The monoisotopic (exact) mass is 610 g/mol. The van der Waals surface area contributed by atoms with E-state index in [2.05, 4.69) is 10.6 Å². The molecule has 0 radical (unpaired) electrons. The van der Waals surface area contributed by atoms with Crippen LogP contribution in [0.3, 0.4) is 0 Å². The molecule has 3 N–H and O–H groups in total. The van der Waals surface area contributed by atoms with Crippen LogP contribution in [0.4, 0.5) is 15.3 Å². The third-order valence-corrected chi connectivity index (χ3v) is 8.69. The second kappa shape index (κ2) is 12.5. The highest BCUT2D eigenvalue weighted by Gasteiger charge is 2.61. The zero-order valence-electron chi connectivity index (χ0n) is 25.5. The number of rotatable bonds is 3.